The lowest BCUT2D eigenvalue weighted by Gasteiger charge is -2.27. The highest BCUT2D eigenvalue weighted by atomic mass is 19.4. The third-order valence-corrected chi connectivity index (χ3v) is 2.11. The summed E-state index contributed by atoms with van der Waals surface area (Å²) in [6, 6.07) is -2.18. The largest absolute Gasteiger partial charge is 0.463 e. The third-order valence-electron chi connectivity index (χ3n) is 2.11. The molecule has 0 unspecified atom stereocenters. The van der Waals surface area contributed by atoms with E-state index in [1.165, 1.54) is 13.8 Å². The highest BCUT2D eigenvalue weighted by Gasteiger charge is 2.46. The van der Waals surface area contributed by atoms with Gasteiger partial charge in [-0.1, -0.05) is 13.8 Å². The molecule has 0 heterocycles. The zero-order chi connectivity index (χ0) is 13.1. The van der Waals surface area contributed by atoms with Gasteiger partial charge >= 0.3 is 12.1 Å². The Kier molecular flexibility index (Phi) is 5.25. The molecule has 0 aliphatic rings. The van der Waals surface area contributed by atoms with Gasteiger partial charge in [0.2, 0.25) is 0 Å². The van der Waals surface area contributed by atoms with Gasteiger partial charge in [0.1, 0.15) is 6.04 Å². The molecule has 0 rings (SSSR count). The lowest BCUT2D eigenvalue weighted by atomic mass is 9.88. The second-order valence-corrected chi connectivity index (χ2v) is 4.32. The van der Waals surface area contributed by atoms with Gasteiger partial charge < -0.3 is 10.5 Å². The average Bonchev–Trinajstić information content (AvgIpc) is 1.99. The Labute approximate surface area is 93.1 Å². The van der Waals surface area contributed by atoms with Crippen molar-refractivity contribution in [1.82, 2.24) is 0 Å². The summed E-state index contributed by atoms with van der Waals surface area (Å²) < 4.78 is 42.0. The van der Waals surface area contributed by atoms with Crippen LogP contribution in [0.15, 0.2) is 0 Å². The first-order chi connectivity index (χ1) is 7.07. The topological polar surface area (TPSA) is 52.3 Å². The maximum atomic E-state index is 12.4. The predicted molar refractivity (Wildman–Crippen MR) is 53.6 cm³/mol. The molecule has 0 aliphatic heterocycles. The molecule has 0 fully saturated rings. The number of nitrogens with two attached hydrogens (primary N) is 1. The maximum Gasteiger partial charge on any atom is 0.404 e. The number of hydrogen-bond donors (Lipinski definition) is 1. The number of carbonyl (C=O) groups is 1. The van der Waals surface area contributed by atoms with Crippen molar-refractivity contribution in [3.63, 3.8) is 0 Å². The molecule has 16 heavy (non-hydrogen) atoms. The number of esters is 1. The summed E-state index contributed by atoms with van der Waals surface area (Å²) in [5, 5.41) is 0. The van der Waals surface area contributed by atoms with E-state index in [1.807, 2.05) is 0 Å². The van der Waals surface area contributed by atoms with Crippen LogP contribution in [0.3, 0.4) is 0 Å². The molecule has 2 atom stereocenters. The summed E-state index contributed by atoms with van der Waals surface area (Å²) >= 11 is 0. The van der Waals surface area contributed by atoms with Gasteiger partial charge in [-0.3, -0.25) is 4.79 Å². The number of carbonyl (C=O) groups excluding carboxylic acids is 1. The smallest absolute Gasteiger partial charge is 0.404 e. The van der Waals surface area contributed by atoms with E-state index in [0.717, 1.165) is 0 Å². The van der Waals surface area contributed by atoms with Crippen LogP contribution >= 0.6 is 0 Å². The third kappa shape index (κ3) is 4.38. The van der Waals surface area contributed by atoms with Crippen molar-refractivity contribution < 1.29 is 22.7 Å². The van der Waals surface area contributed by atoms with Crippen molar-refractivity contribution in [3.8, 4) is 0 Å². The van der Waals surface area contributed by atoms with Crippen molar-refractivity contribution in [2.45, 2.75) is 46.0 Å². The second-order valence-electron chi connectivity index (χ2n) is 4.32. The minimum Gasteiger partial charge on any atom is -0.463 e. The van der Waals surface area contributed by atoms with Crippen molar-refractivity contribution >= 4 is 5.97 Å². The number of ether oxygens (including phenoxy) is 1. The first-order valence-corrected chi connectivity index (χ1v) is 5.10. The maximum absolute atomic E-state index is 12.4. The molecule has 0 bridgehead atoms. The molecule has 0 radical (unpaired) electrons. The van der Waals surface area contributed by atoms with Crippen molar-refractivity contribution in [1.29, 1.82) is 0 Å². The zero-order valence-electron chi connectivity index (χ0n) is 9.84. The van der Waals surface area contributed by atoms with Crippen LogP contribution in [0.25, 0.3) is 0 Å². The van der Waals surface area contributed by atoms with Crippen LogP contribution in [0.2, 0.25) is 0 Å². The molecule has 2 N–H and O–H groups in total. The van der Waals surface area contributed by atoms with E-state index >= 15 is 0 Å². The fraction of sp³-hybridized carbons (Fsp3) is 0.900. The van der Waals surface area contributed by atoms with E-state index in [4.69, 9.17) is 10.5 Å². The molecule has 6 heteroatoms. The zero-order valence-corrected chi connectivity index (χ0v) is 9.84. The SMILES string of the molecule is CC(C)OC(=O)[C@H](C(C)C)[C@@H](N)C(F)(F)F. The summed E-state index contributed by atoms with van der Waals surface area (Å²) in [6.45, 7) is 6.18. The van der Waals surface area contributed by atoms with Crippen LogP contribution < -0.4 is 5.73 Å². The molecular weight excluding hydrogens is 223 g/mol. The van der Waals surface area contributed by atoms with Gasteiger partial charge in [-0.15, -0.1) is 0 Å². The van der Waals surface area contributed by atoms with Gasteiger partial charge in [0, 0.05) is 0 Å². The van der Waals surface area contributed by atoms with Crippen molar-refractivity contribution in [3.05, 3.63) is 0 Å². The Morgan fingerprint density at radius 2 is 1.62 bits per heavy atom. The lowest BCUT2D eigenvalue weighted by Crippen LogP contribution is -2.49. The second kappa shape index (κ2) is 5.52. The normalized spacial score (nSPS) is 16.4. The van der Waals surface area contributed by atoms with Crippen molar-refractivity contribution in [2.24, 2.45) is 17.6 Å². The quantitative estimate of drug-likeness (QED) is 0.767. The fourth-order valence-corrected chi connectivity index (χ4v) is 1.35. The van der Waals surface area contributed by atoms with Gasteiger partial charge in [-0.2, -0.15) is 13.2 Å². The first-order valence-electron chi connectivity index (χ1n) is 5.10. The molecule has 0 saturated heterocycles. The van der Waals surface area contributed by atoms with Crippen LogP contribution in [-0.2, 0) is 9.53 Å². The fourth-order valence-electron chi connectivity index (χ4n) is 1.35. The van der Waals surface area contributed by atoms with E-state index < -0.39 is 36.1 Å². The number of hydrogen-bond acceptors (Lipinski definition) is 3. The first kappa shape index (κ1) is 15.2. The van der Waals surface area contributed by atoms with Crippen LogP contribution in [0.4, 0.5) is 13.2 Å². The van der Waals surface area contributed by atoms with E-state index in [2.05, 4.69) is 0 Å². The lowest BCUT2D eigenvalue weighted by molar-refractivity contribution is -0.182. The highest BCUT2D eigenvalue weighted by molar-refractivity contribution is 5.73. The van der Waals surface area contributed by atoms with E-state index in [0.29, 0.717) is 0 Å². The van der Waals surface area contributed by atoms with Crippen LogP contribution in [-0.4, -0.2) is 24.3 Å². The molecule has 3 nitrogen and oxygen atoms in total. The van der Waals surface area contributed by atoms with E-state index in [9.17, 15) is 18.0 Å². The summed E-state index contributed by atoms with van der Waals surface area (Å²) in [7, 11) is 0. The Morgan fingerprint density at radius 3 is 1.88 bits per heavy atom. The van der Waals surface area contributed by atoms with Gasteiger partial charge in [0.15, 0.2) is 0 Å². The van der Waals surface area contributed by atoms with Crippen molar-refractivity contribution in [2.75, 3.05) is 0 Å². The van der Waals surface area contributed by atoms with Crippen LogP contribution in [0.5, 0.6) is 0 Å². The number of halogens is 3. The number of rotatable bonds is 4. The standard InChI is InChI=1S/C10H18F3NO2/c1-5(2)7(8(14)10(11,12)13)9(15)16-6(3)4/h5-8H,14H2,1-4H3/t7-,8-/m1/s1. The molecule has 0 saturated carbocycles. The summed E-state index contributed by atoms with van der Waals surface area (Å²) in [5.41, 5.74) is 5.05. The molecule has 0 aromatic carbocycles. The molecule has 0 aromatic rings. The van der Waals surface area contributed by atoms with Gasteiger partial charge in [-0.05, 0) is 19.8 Å². The molecular formula is C10H18F3NO2. The Morgan fingerprint density at radius 1 is 1.19 bits per heavy atom. The molecule has 96 valence electrons. The number of alkyl halides is 3. The Balaban J connectivity index is 4.81. The highest BCUT2D eigenvalue weighted by Crippen LogP contribution is 2.29. The minimum atomic E-state index is -4.59. The predicted octanol–water partition coefficient (Wildman–Crippen LogP) is 2.10. The summed E-state index contributed by atoms with van der Waals surface area (Å²) in [5.74, 6) is -2.78. The Hall–Kier alpha value is -0.780. The Bertz CT molecular complexity index is 239. The molecule has 0 spiro atoms. The monoisotopic (exact) mass is 241 g/mol. The summed E-state index contributed by atoms with van der Waals surface area (Å²) in [6.07, 6.45) is -5.04. The molecule has 0 aliphatic carbocycles. The van der Waals surface area contributed by atoms with Gasteiger partial charge in [0.05, 0.1) is 12.0 Å². The van der Waals surface area contributed by atoms with E-state index in [-0.39, 0.29) is 0 Å². The summed E-state index contributed by atoms with van der Waals surface area (Å²) in [4.78, 5) is 11.5. The van der Waals surface area contributed by atoms with Crippen LogP contribution in [0, 0.1) is 11.8 Å². The average molecular weight is 241 g/mol. The van der Waals surface area contributed by atoms with Crippen LogP contribution in [0.1, 0.15) is 27.7 Å². The molecule has 0 aromatic heterocycles. The van der Waals surface area contributed by atoms with E-state index in [1.54, 1.807) is 13.8 Å². The minimum absolute atomic E-state index is 0.450. The molecule has 0 amide bonds. The van der Waals surface area contributed by atoms with Gasteiger partial charge in [-0.25, -0.2) is 0 Å². The van der Waals surface area contributed by atoms with Gasteiger partial charge in [0.25, 0.3) is 0 Å².